The van der Waals surface area contributed by atoms with E-state index in [0.29, 0.717) is 19.3 Å². The van der Waals surface area contributed by atoms with Gasteiger partial charge in [0.2, 0.25) is 5.91 Å². The molecule has 0 aromatic heterocycles. The number of carbonyl (C=O) groups is 1. The second-order valence-electron chi connectivity index (χ2n) is 24.7. The number of aliphatic hydroxyl groups excluding tert-OH is 8. The van der Waals surface area contributed by atoms with Crippen LogP contribution in [0.4, 0.5) is 0 Å². The highest BCUT2D eigenvalue weighted by atomic mass is 16.7. The average molecular weight is 1160 g/mol. The zero-order valence-corrected chi connectivity index (χ0v) is 52.1. The van der Waals surface area contributed by atoms with Crippen LogP contribution in [0.2, 0.25) is 0 Å². The molecule has 12 atom stereocenters. The molecule has 2 saturated heterocycles. The summed E-state index contributed by atoms with van der Waals surface area (Å²) in [4.78, 5) is 13.3. The monoisotopic (exact) mass is 1160 g/mol. The minimum Gasteiger partial charge on any atom is -0.394 e. The second kappa shape index (κ2) is 53.0. The van der Waals surface area contributed by atoms with E-state index in [4.69, 9.17) is 18.9 Å². The average Bonchev–Trinajstić information content (AvgIpc) is 3.62. The standard InChI is InChI=1S/C67H129NO13/c1-3-5-7-9-11-13-15-17-19-21-22-23-24-25-26-27-28-29-30-31-32-33-34-35-36-38-40-42-44-46-48-50-56(71)55(68-59(72)51-49-47-45-43-41-39-37-20-18-16-14-12-10-8-6-4-2)54-78-66-64(77)62(75)65(58(53-70)80-66)81-67-63(76)61(74)60(73)57(52-69)79-67/h20,37,55-58,60-67,69-71,73-77H,3-19,21-36,38-54H2,1-2H3,(H,68,72)/b37-20-. The minimum absolute atomic E-state index is 0.210. The van der Waals surface area contributed by atoms with Crippen LogP contribution < -0.4 is 5.32 Å². The molecule has 0 aromatic carbocycles. The largest absolute Gasteiger partial charge is 0.394 e. The zero-order valence-electron chi connectivity index (χ0n) is 52.1. The van der Waals surface area contributed by atoms with E-state index in [9.17, 15) is 45.6 Å². The van der Waals surface area contributed by atoms with E-state index in [2.05, 4.69) is 31.3 Å². The van der Waals surface area contributed by atoms with Gasteiger partial charge in [0, 0.05) is 6.42 Å². The fourth-order valence-electron chi connectivity index (χ4n) is 11.7. The summed E-state index contributed by atoms with van der Waals surface area (Å²) < 4.78 is 22.9. The van der Waals surface area contributed by atoms with Crippen molar-refractivity contribution in [3.05, 3.63) is 12.2 Å². The molecule has 480 valence electrons. The third-order valence-corrected chi connectivity index (χ3v) is 17.2. The van der Waals surface area contributed by atoms with Crippen LogP contribution >= 0.6 is 0 Å². The topological polar surface area (TPSA) is 228 Å². The molecule has 12 unspecified atom stereocenters. The Morgan fingerprint density at radius 2 is 0.778 bits per heavy atom. The molecule has 14 nitrogen and oxygen atoms in total. The van der Waals surface area contributed by atoms with Crippen LogP contribution in [0.15, 0.2) is 12.2 Å². The van der Waals surface area contributed by atoms with Gasteiger partial charge in [-0.25, -0.2) is 0 Å². The molecule has 2 aliphatic heterocycles. The number of unbranched alkanes of at least 4 members (excludes halogenated alkanes) is 42. The number of amides is 1. The smallest absolute Gasteiger partial charge is 0.220 e. The van der Waals surface area contributed by atoms with E-state index >= 15 is 0 Å². The maximum atomic E-state index is 13.3. The van der Waals surface area contributed by atoms with E-state index in [-0.39, 0.29) is 12.5 Å². The first kappa shape index (κ1) is 75.8. The van der Waals surface area contributed by atoms with Gasteiger partial charge in [0.05, 0.1) is 32.0 Å². The fraction of sp³-hybridized carbons (Fsp3) is 0.955. The summed E-state index contributed by atoms with van der Waals surface area (Å²) in [5, 5.41) is 87.5. The molecule has 2 rings (SSSR count). The Morgan fingerprint density at radius 3 is 1.17 bits per heavy atom. The highest BCUT2D eigenvalue weighted by Crippen LogP contribution is 2.30. The van der Waals surface area contributed by atoms with E-state index in [1.165, 1.54) is 218 Å². The van der Waals surface area contributed by atoms with E-state index in [1.54, 1.807) is 0 Å². The number of aliphatic hydroxyl groups is 8. The second-order valence-corrected chi connectivity index (χ2v) is 24.7. The van der Waals surface area contributed by atoms with Crippen molar-refractivity contribution in [2.75, 3.05) is 19.8 Å². The van der Waals surface area contributed by atoms with Gasteiger partial charge in [0.25, 0.3) is 0 Å². The SMILES string of the molecule is CCCCCCCCC/C=C\CCCCCCCC(=O)NC(COC1OC(CO)C(OC2OC(CO)C(O)C(O)C2O)C(O)C1O)C(O)CCCCCCCCCCCCCCCCCCCCCCCCCCCCCCCCC. The maximum Gasteiger partial charge on any atom is 0.220 e. The van der Waals surface area contributed by atoms with Crippen molar-refractivity contribution in [3.8, 4) is 0 Å². The van der Waals surface area contributed by atoms with Crippen molar-refractivity contribution in [3.63, 3.8) is 0 Å². The molecule has 0 saturated carbocycles. The number of carbonyl (C=O) groups excluding carboxylic acids is 1. The molecule has 1 amide bonds. The third kappa shape index (κ3) is 37.8. The number of hydrogen-bond acceptors (Lipinski definition) is 13. The molecule has 2 aliphatic rings. The summed E-state index contributed by atoms with van der Waals surface area (Å²) in [5.74, 6) is -0.210. The van der Waals surface area contributed by atoms with E-state index in [1.807, 2.05) is 0 Å². The van der Waals surface area contributed by atoms with Gasteiger partial charge in [-0.1, -0.05) is 283 Å². The van der Waals surface area contributed by atoms with Crippen LogP contribution in [0.5, 0.6) is 0 Å². The highest BCUT2D eigenvalue weighted by molar-refractivity contribution is 5.76. The molecule has 0 aromatic rings. The molecule has 0 bridgehead atoms. The highest BCUT2D eigenvalue weighted by Gasteiger charge is 2.51. The first-order valence-electron chi connectivity index (χ1n) is 34.4. The Hall–Kier alpha value is -1.27. The summed E-state index contributed by atoms with van der Waals surface area (Å²) in [7, 11) is 0. The number of hydrogen-bond donors (Lipinski definition) is 9. The van der Waals surface area contributed by atoms with Crippen LogP contribution in [-0.4, -0.2) is 140 Å². The quantitative estimate of drug-likeness (QED) is 0.0204. The lowest BCUT2D eigenvalue weighted by Crippen LogP contribution is -2.65. The number of nitrogens with one attached hydrogen (secondary N) is 1. The molecular formula is C67H129NO13. The number of allylic oxidation sites excluding steroid dienone is 2. The van der Waals surface area contributed by atoms with Crippen LogP contribution in [-0.2, 0) is 23.7 Å². The van der Waals surface area contributed by atoms with Gasteiger partial charge in [-0.15, -0.1) is 0 Å². The van der Waals surface area contributed by atoms with Gasteiger partial charge < -0.3 is 65.1 Å². The van der Waals surface area contributed by atoms with Crippen LogP contribution in [0.3, 0.4) is 0 Å². The zero-order chi connectivity index (χ0) is 58.8. The van der Waals surface area contributed by atoms with Gasteiger partial charge in [-0.05, 0) is 38.5 Å². The Kier molecular flexibility index (Phi) is 49.6. The van der Waals surface area contributed by atoms with Crippen LogP contribution in [0.25, 0.3) is 0 Å². The Balaban J connectivity index is 1.64. The van der Waals surface area contributed by atoms with Crippen molar-refractivity contribution < 1.29 is 64.6 Å². The van der Waals surface area contributed by atoms with Crippen molar-refractivity contribution in [1.82, 2.24) is 5.32 Å². The summed E-state index contributed by atoms with van der Waals surface area (Å²) >= 11 is 0. The molecule has 0 radical (unpaired) electrons. The van der Waals surface area contributed by atoms with Gasteiger partial charge >= 0.3 is 0 Å². The Morgan fingerprint density at radius 1 is 0.432 bits per heavy atom. The van der Waals surface area contributed by atoms with Gasteiger partial charge in [0.1, 0.15) is 48.8 Å². The summed E-state index contributed by atoms with van der Waals surface area (Å²) in [6.45, 7) is 2.90. The lowest BCUT2D eigenvalue weighted by atomic mass is 9.97. The normalized spacial score (nSPS) is 24.1. The molecule has 2 fully saturated rings. The summed E-state index contributed by atoms with van der Waals surface area (Å²) in [6, 6.07) is -0.831. The van der Waals surface area contributed by atoms with Crippen molar-refractivity contribution in [1.29, 1.82) is 0 Å². The molecule has 9 N–H and O–H groups in total. The third-order valence-electron chi connectivity index (χ3n) is 17.2. The Bertz CT molecular complexity index is 1410. The minimum atomic E-state index is -1.78. The van der Waals surface area contributed by atoms with Crippen molar-refractivity contribution >= 4 is 5.91 Å². The Labute approximate surface area is 495 Å². The molecule has 0 aliphatic carbocycles. The molecule has 81 heavy (non-hydrogen) atoms. The van der Waals surface area contributed by atoms with E-state index in [0.717, 1.165) is 64.2 Å². The summed E-state index contributed by atoms with van der Waals surface area (Å²) in [6.07, 6.45) is 46.7. The molecule has 2 heterocycles. The van der Waals surface area contributed by atoms with E-state index < -0.39 is 86.8 Å². The lowest BCUT2D eigenvalue weighted by molar-refractivity contribution is -0.359. The van der Waals surface area contributed by atoms with Crippen molar-refractivity contribution in [2.45, 2.75) is 389 Å². The van der Waals surface area contributed by atoms with Gasteiger partial charge in [-0.2, -0.15) is 0 Å². The lowest BCUT2D eigenvalue weighted by Gasteiger charge is -2.46. The van der Waals surface area contributed by atoms with Gasteiger partial charge in [-0.3, -0.25) is 4.79 Å². The van der Waals surface area contributed by atoms with Crippen LogP contribution in [0, 0.1) is 0 Å². The molecular weight excluding hydrogens is 1030 g/mol. The number of ether oxygens (including phenoxy) is 4. The maximum absolute atomic E-state index is 13.3. The molecule has 0 spiro atoms. The fourth-order valence-corrected chi connectivity index (χ4v) is 11.7. The molecule has 14 heteroatoms. The predicted octanol–water partition coefficient (Wildman–Crippen LogP) is 13.4. The number of rotatable bonds is 57. The summed E-state index contributed by atoms with van der Waals surface area (Å²) in [5.41, 5.74) is 0. The van der Waals surface area contributed by atoms with Crippen molar-refractivity contribution in [2.24, 2.45) is 0 Å². The van der Waals surface area contributed by atoms with Gasteiger partial charge in [0.15, 0.2) is 12.6 Å². The first-order chi connectivity index (χ1) is 39.6. The first-order valence-corrected chi connectivity index (χ1v) is 34.4. The predicted molar refractivity (Wildman–Crippen MR) is 328 cm³/mol. The van der Waals surface area contributed by atoms with Crippen LogP contribution in [0.1, 0.15) is 316 Å².